The van der Waals surface area contributed by atoms with Gasteiger partial charge in [0.15, 0.2) is 0 Å². The lowest BCUT2D eigenvalue weighted by molar-refractivity contribution is 0.413. The summed E-state index contributed by atoms with van der Waals surface area (Å²) in [7, 11) is 1.66. The lowest BCUT2D eigenvalue weighted by Crippen LogP contribution is -1.87. The highest BCUT2D eigenvalue weighted by atomic mass is 16.5. The van der Waals surface area contributed by atoms with Gasteiger partial charge in [-0.05, 0) is 25.0 Å². The molecule has 0 radical (unpaired) electrons. The number of hydrogen-bond donors (Lipinski definition) is 0. The minimum Gasteiger partial charge on any atom is -0.495 e. The molecule has 94 valence electrons. The fourth-order valence-corrected chi connectivity index (χ4v) is 1.64. The molecule has 0 N–H and O–H groups in total. The van der Waals surface area contributed by atoms with Crippen LogP contribution in [0.3, 0.4) is 0 Å². The Balaban J connectivity index is 2.76. The van der Waals surface area contributed by atoms with Crippen molar-refractivity contribution in [1.29, 1.82) is 0 Å². The summed E-state index contributed by atoms with van der Waals surface area (Å²) in [6.07, 6.45) is 4.54. The van der Waals surface area contributed by atoms with Crippen molar-refractivity contribution in [3.63, 3.8) is 0 Å². The standard InChI is InChI=1S/C17H20O/c1-4-6-7-10-15(5-2)13-14-16-11-8-9-12-17(16)18-3/h8-9,11-12H,2,4,6-7,10H2,1,3H3. The van der Waals surface area contributed by atoms with Gasteiger partial charge in [-0.25, -0.2) is 0 Å². The third-order valence-electron chi connectivity index (χ3n) is 2.70. The molecule has 0 unspecified atom stereocenters. The van der Waals surface area contributed by atoms with Crippen molar-refractivity contribution in [3.05, 3.63) is 47.7 Å². The van der Waals surface area contributed by atoms with E-state index in [9.17, 15) is 0 Å². The molecule has 0 saturated carbocycles. The lowest BCUT2D eigenvalue weighted by Gasteiger charge is -2.01. The van der Waals surface area contributed by atoms with Gasteiger partial charge in [-0.15, -0.1) is 5.73 Å². The second kappa shape index (κ2) is 8.23. The Kier molecular flexibility index (Phi) is 6.47. The molecule has 18 heavy (non-hydrogen) atoms. The van der Waals surface area contributed by atoms with Gasteiger partial charge in [0.2, 0.25) is 0 Å². The van der Waals surface area contributed by atoms with E-state index in [1.165, 1.54) is 12.8 Å². The quantitative estimate of drug-likeness (QED) is 0.422. The maximum atomic E-state index is 5.26. The minimum atomic E-state index is 0.807. The van der Waals surface area contributed by atoms with Crippen LogP contribution in [-0.2, 0) is 0 Å². The Morgan fingerprint density at radius 2 is 2.06 bits per heavy atom. The Morgan fingerprint density at radius 1 is 1.28 bits per heavy atom. The molecule has 0 fully saturated rings. The highest BCUT2D eigenvalue weighted by Gasteiger charge is 1.97. The van der Waals surface area contributed by atoms with Crippen molar-refractivity contribution in [2.45, 2.75) is 32.6 Å². The SMILES string of the molecule is C=C=C(C#Cc1ccccc1OC)CCCCC. The van der Waals surface area contributed by atoms with E-state index in [1.54, 1.807) is 7.11 Å². The fraction of sp³-hybridized carbons (Fsp3) is 0.353. The van der Waals surface area contributed by atoms with Crippen LogP contribution in [0, 0.1) is 11.8 Å². The topological polar surface area (TPSA) is 9.23 Å². The zero-order valence-corrected chi connectivity index (χ0v) is 11.3. The lowest BCUT2D eigenvalue weighted by atomic mass is 10.1. The van der Waals surface area contributed by atoms with Crippen molar-refractivity contribution < 1.29 is 4.74 Å². The van der Waals surface area contributed by atoms with Crippen LogP contribution >= 0.6 is 0 Å². The number of benzene rings is 1. The molecular formula is C17H20O. The third kappa shape index (κ3) is 4.53. The van der Waals surface area contributed by atoms with Gasteiger partial charge in [0.05, 0.1) is 12.7 Å². The zero-order valence-electron chi connectivity index (χ0n) is 11.3. The minimum absolute atomic E-state index is 0.807. The smallest absolute Gasteiger partial charge is 0.134 e. The maximum absolute atomic E-state index is 5.26. The van der Waals surface area contributed by atoms with Crippen molar-refractivity contribution in [3.8, 4) is 17.6 Å². The molecule has 1 heteroatoms. The summed E-state index contributed by atoms with van der Waals surface area (Å²) in [5.41, 5.74) is 4.81. The van der Waals surface area contributed by atoms with E-state index in [0.717, 1.165) is 29.7 Å². The first-order valence-electron chi connectivity index (χ1n) is 6.35. The predicted octanol–water partition coefficient (Wildman–Crippen LogP) is 4.34. The monoisotopic (exact) mass is 240 g/mol. The van der Waals surface area contributed by atoms with Crippen LogP contribution in [0.25, 0.3) is 0 Å². The van der Waals surface area contributed by atoms with Gasteiger partial charge >= 0.3 is 0 Å². The second-order valence-electron chi connectivity index (χ2n) is 4.06. The first-order chi connectivity index (χ1) is 8.81. The summed E-state index contributed by atoms with van der Waals surface area (Å²) < 4.78 is 5.26. The Bertz CT molecular complexity index is 482. The third-order valence-corrected chi connectivity index (χ3v) is 2.70. The predicted molar refractivity (Wildman–Crippen MR) is 76.7 cm³/mol. The van der Waals surface area contributed by atoms with Crippen LogP contribution in [0.5, 0.6) is 5.75 Å². The molecule has 1 aromatic rings. The fourth-order valence-electron chi connectivity index (χ4n) is 1.64. The van der Waals surface area contributed by atoms with Crippen LogP contribution < -0.4 is 4.74 Å². The second-order valence-corrected chi connectivity index (χ2v) is 4.06. The van der Waals surface area contributed by atoms with Gasteiger partial charge in [-0.3, -0.25) is 0 Å². The molecule has 0 aliphatic rings. The first-order valence-corrected chi connectivity index (χ1v) is 6.35. The van der Waals surface area contributed by atoms with E-state index in [-0.39, 0.29) is 0 Å². The van der Waals surface area contributed by atoms with Crippen LogP contribution in [0.4, 0.5) is 0 Å². The summed E-state index contributed by atoms with van der Waals surface area (Å²) in [6, 6.07) is 7.77. The molecule has 0 heterocycles. The molecule has 1 rings (SSSR count). The van der Waals surface area contributed by atoms with E-state index in [4.69, 9.17) is 4.74 Å². The van der Waals surface area contributed by atoms with E-state index in [0.29, 0.717) is 0 Å². The average Bonchev–Trinajstić information content (AvgIpc) is 2.43. The number of rotatable bonds is 5. The van der Waals surface area contributed by atoms with Gasteiger partial charge in [0.25, 0.3) is 0 Å². The highest BCUT2D eigenvalue weighted by molar-refractivity contribution is 5.48. The molecule has 0 spiro atoms. The van der Waals surface area contributed by atoms with E-state index in [1.807, 2.05) is 24.3 Å². The summed E-state index contributed by atoms with van der Waals surface area (Å²) >= 11 is 0. The summed E-state index contributed by atoms with van der Waals surface area (Å²) in [5, 5.41) is 0. The molecule has 0 aromatic heterocycles. The van der Waals surface area contributed by atoms with Crippen LogP contribution in [0.15, 0.2) is 42.1 Å². The van der Waals surface area contributed by atoms with E-state index in [2.05, 4.69) is 31.1 Å². The van der Waals surface area contributed by atoms with Gasteiger partial charge in [0.1, 0.15) is 5.75 Å². The van der Waals surface area contributed by atoms with Crippen LogP contribution in [-0.4, -0.2) is 7.11 Å². The van der Waals surface area contributed by atoms with Gasteiger partial charge < -0.3 is 4.74 Å². The largest absolute Gasteiger partial charge is 0.495 e. The molecule has 1 aromatic carbocycles. The van der Waals surface area contributed by atoms with Crippen LogP contribution in [0.1, 0.15) is 38.2 Å². The number of unbranched alkanes of at least 4 members (excludes halogenated alkanes) is 2. The van der Waals surface area contributed by atoms with Crippen molar-refractivity contribution in [1.82, 2.24) is 0 Å². The molecule has 0 aliphatic heterocycles. The molecule has 0 aliphatic carbocycles. The maximum Gasteiger partial charge on any atom is 0.134 e. The zero-order chi connectivity index (χ0) is 13.2. The average molecular weight is 240 g/mol. The molecule has 0 amide bonds. The normalized spacial score (nSPS) is 9.00. The van der Waals surface area contributed by atoms with E-state index >= 15 is 0 Å². The molecule has 1 nitrogen and oxygen atoms in total. The molecule has 0 saturated heterocycles. The number of hydrogen-bond acceptors (Lipinski definition) is 1. The van der Waals surface area contributed by atoms with E-state index < -0.39 is 0 Å². The molecule has 0 atom stereocenters. The van der Waals surface area contributed by atoms with Crippen molar-refractivity contribution in [2.75, 3.05) is 7.11 Å². The first kappa shape index (κ1) is 14.2. The van der Waals surface area contributed by atoms with Crippen molar-refractivity contribution >= 4 is 0 Å². The highest BCUT2D eigenvalue weighted by Crippen LogP contribution is 2.16. The summed E-state index contributed by atoms with van der Waals surface area (Å²) in [4.78, 5) is 0. The number of allylic oxidation sites excluding steroid dienone is 1. The number of para-hydroxylation sites is 1. The molecule has 0 bridgehead atoms. The Hall–Kier alpha value is -1.90. The number of ether oxygens (including phenoxy) is 1. The summed E-state index contributed by atoms with van der Waals surface area (Å²) in [5.74, 6) is 7.07. The van der Waals surface area contributed by atoms with Gasteiger partial charge in [-0.1, -0.05) is 50.3 Å². The van der Waals surface area contributed by atoms with Crippen LogP contribution in [0.2, 0.25) is 0 Å². The van der Waals surface area contributed by atoms with Crippen molar-refractivity contribution in [2.24, 2.45) is 0 Å². The summed E-state index contributed by atoms with van der Waals surface area (Å²) in [6.45, 7) is 5.89. The van der Waals surface area contributed by atoms with Gasteiger partial charge in [0, 0.05) is 5.57 Å². The Morgan fingerprint density at radius 3 is 2.72 bits per heavy atom. The molecular weight excluding hydrogens is 220 g/mol. The van der Waals surface area contributed by atoms with Gasteiger partial charge in [-0.2, -0.15) is 0 Å². The Labute approximate surface area is 110 Å². The number of methoxy groups -OCH3 is 1.